The molecule has 0 aliphatic carbocycles. The van der Waals surface area contributed by atoms with Crippen LogP contribution in [0.2, 0.25) is 0 Å². The van der Waals surface area contributed by atoms with E-state index < -0.39 is 0 Å². The standard InChI is InChI=1S/C16H17N3O2S/c1-3-8-19-13-7-5-4-6-11(13)9-14(19)16-17-12(10-22-16)15(20)18-21-2/h4-7,9-10H,3,8H2,1-2H3,(H,18,20). The molecule has 1 aromatic carbocycles. The Balaban J connectivity index is 2.06. The van der Waals surface area contributed by atoms with Crippen LogP contribution >= 0.6 is 11.3 Å². The highest BCUT2D eigenvalue weighted by molar-refractivity contribution is 7.13. The smallest absolute Gasteiger partial charge is 0.294 e. The second-order valence-corrected chi connectivity index (χ2v) is 5.77. The third kappa shape index (κ3) is 2.63. The maximum atomic E-state index is 11.8. The summed E-state index contributed by atoms with van der Waals surface area (Å²) in [4.78, 5) is 20.9. The lowest BCUT2D eigenvalue weighted by Crippen LogP contribution is -2.22. The monoisotopic (exact) mass is 315 g/mol. The van der Waals surface area contributed by atoms with Crippen molar-refractivity contribution in [2.75, 3.05) is 7.11 Å². The van der Waals surface area contributed by atoms with E-state index in [0.717, 1.165) is 23.7 Å². The molecule has 2 heterocycles. The van der Waals surface area contributed by atoms with Crippen molar-refractivity contribution in [1.29, 1.82) is 0 Å². The van der Waals surface area contributed by atoms with E-state index in [-0.39, 0.29) is 5.91 Å². The fraction of sp³-hybridized carbons (Fsp3) is 0.250. The third-order valence-electron chi connectivity index (χ3n) is 3.41. The lowest BCUT2D eigenvalue weighted by atomic mass is 10.2. The summed E-state index contributed by atoms with van der Waals surface area (Å²) in [5.41, 5.74) is 4.90. The molecule has 2 aromatic heterocycles. The highest BCUT2D eigenvalue weighted by Crippen LogP contribution is 2.30. The van der Waals surface area contributed by atoms with Crippen LogP contribution in [0, 0.1) is 0 Å². The molecular formula is C16H17N3O2S. The van der Waals surface area contributed by atoms with Crippen LogP contribution in [0.4, 0.5) is 0 Å². The minimum atomic E-state index is -0.330. The van der Waals surface area contributed by atoms with Gasteiger partial charge >= 0.3 is 0 Å². The molecule has 0 bridgehead atoms. The van der Waals surface area contributed by atoms with Crippen LogP contribution in [0.15, 0.2) is 35.7 Å². The fourth-order valence-electron chi connectivity index (χ4n) is 2.49. The lowest BCUT2D eigenvalue weighted by molar-refractivity contribution is 0.0533. The minimum Gasteiger partial charge on any atom is -0.339 e. The molecule has 0 spiro atoms. The number of para-hydroxylation sites is 1. The highest BCUT2D eigenvalue weighted by atomic mass is 32.1. The van der Waals surface area contributed by atoms with Crippen LogP contribution in [-0.2, 0) is 11.4 Å². The number of amides is 1. The first-order valence-corrected chi connectivity index (χ1v) is 8.00. The van der Waals surface area contributed by atoms with Crippen LogP contribution in [0.25, 0.3) is 21.6 Å². The summed E-state index contributed by atoms with van der Waals surface area (Å²) >= 11 is 1.46. The van der Waals surface area contributed by atoms with E-state index in [1.54, 1.807) is 5.38 Å². The van der Waals surface area contributed by atoms with Gasteiger partial charge in [-0.1, -0.05) is 25.1 Å². The number of benzene rings is 1. The Morgan fingerprint density at radius 2 is 2.23 bits per heavy atom. The van der Waals surface area contributed by atoms with Crippen LogP contribution in [0.5, 0.6) is 0 Å². The zero-order chi connectivity index (χ0) is 15.5. The molecule has 0 atom stereocenters. The molecule has 1 amide bonds. The van der Waals surface area contributed by atoms with E-state index in [1.807, 2.05) is 12.1 Å². The summed E-state index contributed by atoms with van der Waals surface area (Å²) in [6.07, 6.45) is 1.04. The summed E-state index contributed by atoms with van der Waals surface area (Å²) in [5, 5.41) is 3.77. The molecule has 22 heavy (non-hydrogen) atoms. The summed E-state index contributed by atoms with van der Waals surface area (Å²) < 4.78 is 2.26. The number of rotatable bonds is 5. The summed E-state index contributed by atoms with van der Waals surface area (Å²) in [6.45, 7) is 3.07. The quantitative estimate of drug-likeness (QED) is 0.734. The molecule has 0 saturated heterocycles. The van der Waals surface area contributed by atoms with Gasteiger partial charge in [-0.3, -0.25) is 9.63 Å². The Morgan fingerprint density at radius 3 is 3.00 bits per heavy atom. The van der Waals surface area contributed by atoms with Crippen LogP contribution in [0.3, 0.4) is 0 Å². The van der Waals surface area contributed by atoms with Gasteiger partial charge in [0.15, 0.2) is 0 Å². The molecule has 3 aromatic rings. The first-order chi connectivity index (χ1) is 10.7. The number of hydrogen-bond acceptors (Lipinski definition) is 4. The Hall–Kier alpha value is -2.18. The van der Waals surface area contributed by atoms with Crippen LogP contribution in [0.1, 0.15) is 23.8 Å². The molecule has 0 aliphatic rings. The van der Waals surface area contributed by atoms with Crippen molar-refractivity contribution in [2.45, 2.75) is 19.9 Å². The Bertz CT molecular complexity index is 807. The SMILES string of the molecule is CCCn1c(-c2nc(C(=O)NOC)cs2)cc2ccccc21. The second-order valence-electron chi connectivity index (χ2n) is 4.91. The number of aryl methyl sites for hydroxylation is 1. The predicted octanol–water partition coefficient (Wildman–Crippen LogP) is 3.47. The molecule has 0 aliphatic heterocycles. The van der Waals surface area contributed by atoms with Crippen molar-refractivity contribution >= 4 is 28.1 Å². The van der Waals surface area contributed by atoms with Gasteiger partial charge < -0.3 is 4.57 Å². The van der Waals surface area contributed by atoms with Gasteiger partial charge in [0, 0.05) is 22.8 Å². The number of hydrogen-bond donors (Lipinski definition) is 1. The topological polar surface area (TPSA) is 56.2 Å². The predicted molar refractivity (Wildman–Crippen MR) is 87.8 cm³/mol. The first-order valence-electron chi connectivity index (χ1n) is 7.12. The Morgan fingerprint density at radius 1 is 1.41 bits per heavy atom. The molecule has 3 rings (SSSR count). The van der Waals surface area contributed by atoms with Gasteiger partial charge in [-0.2, -0.15) is 0 Å². The number of thiazole rings is 1. The third-order valence-corrected chi connectivity index (χ3v) is 4.27. The highest BCUT2D eigenvalue weighted by Gasteiger charge is 2.16. The van der Waals surface area contributed by atoms with Gasteiger partial charge in [-0.25, -0.2) is 10.5 Å². The van der Waals surface area contributed by atoms with Crippen LogP contribution in [-0.4, -0.2) is 22.6 Å². The van der Waals surface area contributed by atoms with Crippen molar-refractivity contribution in [2.24, 2.45) is 0 Å². The van der Waals surface area contributed by atoms with E-state index in [1.165, 1.54) is 29.3 Å². The molecule has 1 N–H and O–H groups in total. The molecule has 6 heteroatoms. The number of aromatic nitrogens is 2. The van der Waals surface area contributed by atoms with E-state index >= 15 is 0 Å². The van der Waals surface area contributed by atoms with E-state index in [0.29, 0.717) is 5.69 Å². The number of carbonyl (C=O) groups is 1. The molecule has 5 nitrogen and oxygen atoms in total. The van der Waals surface area contributed by atoms with Crippen molar-refractivity contribution in [3.8, 4) is 10.7 Å². The van der Waals surface area contributed by atoms with Crippen molar-refractivity contribution in [3.63, 3.8) is 0 Å². The van der Waals surface area contributed by atoms with Gasteiger partial charge in [0.1, 0.15) is 10.7 Å². The van der Waals surface area contributed by atoms with Crippen LogP contribution < -0.4 is 5.48 Å². The average molecular weight is 315 g/mol. The van der Waals surface area contributed by atoms with Gasteiger partial charge in [0.25, 0.3) is 5.91 Å². The Kier molecular flexibility index (Phi) is 4.22. The second kappa shape index (κ2) is 6.29. The number of nitrogens with zero attached hydrogens (tertiary/aromatic N) is 2. The van der Waals surface area contributed by atoms with E-state index in [4.69, 9.17) is 0 Å². The molecular weight excluding hydrogens is 298 g/mol. The largest absolute Gasteiger partial charge is 0.339 e. The normalized spacial score (nSPS) is 11.0. The summed E-state index contributed by atoms with van der Waals surface area (Å²) in [5.74, 6) is -0.330. The fourth-order valence-corrected chi connectivity index (χ4v) is 3.32. The number of fused-ring (bicyclic) bond motifs is 1. The van der Waals surface area contributed by atoms with Gasteiger partial charge in [0.2, 0.25) is 0 Å². The van der Waals surface area contributed by atoms with Crippen molar-refractivity contribution in [1.82, 2.24) is 15.0 Å². The maximum absolute atomic E-state index is 11.8. The number of nitrogens with one attached hydrogen (secondary N) is 1. The average Bonchev–Trinajstić information content (AvgIpc) is 3.13. The Labute approximate surface area is 132 Å². The van der Waals surface area contributed by atoms with Gasteiger partial charge in [-0.15, -0.1) is 11.3 Å². The number of hydroxylamine groups is 1. The lowest BCUT2D eigenvalue weighted by Gasteiger charge is -2.07. The molecule has 0 saturated carbocycles. The zero-order valence-corrected chi connectivity index (χ0v) is 13.3. The van der Waals surface area contributed by atoms with Gasteiger partial charge in [-0.05, 0) is 18.6 Å². The summed E-state index contributed by atoms with van der Waals surface area (Å²) in [7, 11) is 1.41. The zero-order valence-electron chi connectivity index (χ0n) is 12.5. The van der Waals surface area contributed by atoms with Gasteiger partial charge in [0.05, 0.1) is 12.8 Å². The van der Waals surface area contributed by atoms with Crippen molar-refractivity contribution < 1.29 is 9.63 Å². The first kappa shape index (κ1) is 14.7. The summed E-state index contributed by atoms with van der Waals surface area (Å²) in [6, 6.07) is 10.4. The minimum absolute atomic E-state index is 0.330. The van der Waals surface area contributed by atoms with Crippen molar-refractivity contribution in [3.05, 3.63) is 41.4 Å². The van der Waals surface area contributed by atoms with E-state index in [2.05, 4.69) is 45.0 Å². The molecule has 0 radical (unpaired) electrons. The molecule has 0 fully saturated rings. The molecule has 0 unspecified atom stereocenters. The van der Waals surface area contributed by atoms with E-state index in [9.17, 15) is 4.79 Å². The maximum Gasteiger partial charge on any atom is 0.294 e. The molecule has 114 valence electrons. The number of carbonyl (C=O) groups excluding carboxylic acids is 1.